The first-order chi connectivity index (χ1) is 9.15. The van der Waals surface area contributed by atoms with E-state index in [0.29, 0.717) is 16.5 Å². The van der Waals surface area contributed by atoms with Crippen LogP contribution in [0.1, 0.15) is 0 Å². The Morgan fingerprint density at radius 2 is 1.42 bits per heavy atom. The predicted octanol–water partition coefficient (Wildman–Crippen LogP) is 2.77. The summed E-state index contributed by atoms with van der Waals surface area (Å²) in [6.45, 7) is 0. The molecule has 0 radical (unpaired) electrons. The van der Waals surface area contributed by atoms with Crippen molar-refractivity contribution in [3.63, 3.8) is 0 Å². The maximum atomic E-state index is 11.3. The first-order valence-corrected chi connectivity index (χ1v) is 5.50. The molecule has 100 valence electrons. The Labute approximate surface area is 109 Å². The lowest BCUT2D eigenvalue weighted by molar-refractivity contribution is -0.384. The normalized spacial score (nSPS) is 10.3. The highest BCUT2D eigenvalue weighted by Gasteiger charge is 2.28. The van der Waals surface area contributed by atoms with Gasteiger partial charge in [0.15, 0.2) is 5.75 Å². The summed E-state index contributed by atoms with van der Waals surface area (Å²) in [6.07, 6.45) is 0. The Morgan fingerprint density at radius 1 is 0.895 bits per heavy atom. The van der Waals surface area contributed by atoms with Gasteiger partial charge in [-0.3, -0.25) is 10.1 Å². The van der Waals surface area contributed by atoms with Crippen molar-refractivity contribution in [1.29, 1.82) is 0 Å². The van der Waals surface area contributed by atoms with Gasteiger partial charge in [0.05, 0.1) is 31.6 Å². The average molecular weight is 263 g/mol. The first kappa shape index (κ1) is 12.9. The molecule has 0 saturated carbocycles. The minimum atomic E-state index is -0.483. The third-order valence-corrected chi connectivity index (χ3v) is 2.85. The van der Waals surface area contributed by atoms with Crippen molar-refractivity contribution >= 4 is 16.5 Å². The van der Waals surface area contributed by atoms with E-state index in [9.17, 15) is 10.1 Å². The molecule has 0 aromatic heterocycles. The van der Waals surface area contributed by atoms with Crippen molar-refractivity contribution in [3.05, 3.63) is 34.4 Å². The number of nitrogens with zero attached hydrogens (tertiary/aromatic N) is 1. The summed E-state index contributed by atoms with van der Waals surface area (Å²) < 4.78 is 15.6. The molecule has 0 bridgehead atoms. The van der Waals surface area contributed by atoms with Gasteiger partial charge in [-0.15, -0.1) is 0 Å². The highest BCUT2D eigenvalue weighted by molar-refractivity contribution is 6.01. The maximum absolute atomic E-state index is 11.3. The summed E-state index contributed by atoms with van der Waals surface area (Å²) >= 11 is 0. The highest BCUT2D eigenvalue weighted by atomic mass is 16.6. The Balaban J connectivity index is 3.02. The molecule has 0 aliphatic heterocycles. The lowest BCUT2D eigenvalue weighted by Crippen LogP contribution is -2.01. The molecule has 2 aromatic carbocycles. The number of hydrogen-bond acceptors (Lipinski definition) is 5. The summed E-state index contributed by atoms with van der Waals surface area (Å²) in [7, 11) is 4.26. The fourth-order valence-electron chi connectivity index (χ4n) is 2.10. The van der Waals surface area contributed by atoms with Gasteiger partial charge >= 0.3 is 5.69 Å². The lowest BCUT2D eigenvalue weighted by atomic mass is 10.1. The SMILES string of the molecule is COc1c(OC)c([N+](=O)[O-])c2ccccc2c1OC. The zero-order valence-electron chi connectivity index (χ0n) is 10.8. The number of hydrogen-bond donors (Lipinski definition) is 0. The molecule has 0 amide bonds. The molecular weight excluding hydrogens is 250 g/mol. The van der Waals surface area contributed by atoms with Crippen LogP contribution in [-0.2, 0) is 0 Å². The van der Waals surface area contributed by atoms with Crippen LogP contribution >= 0.6 is 0 Å². The Hall–Kier alpha value is -2.50. The van der Waals surface area contributed by atoms with Crippen LogP contribution in [0.5, 0.6) is 17.2 Å². The fraction of sp³-hybridized carbons (Fsp3) is 0.231. The Kier molecular flexibility index (Phi) is 3.41. The van der Waals surface area contributed by atoms with Crippen LogP contribution in [-0.4, -0.2) is 26.3 Å². The van der Waals surface area contributed by atoms with Crippen molar-refractivity contribution in [2.24, 2.45) is 0 Å². The van der Waals surface area contributed by atoms with E-state index in [1.807, 2.05) is 0 Å². The van der Waals surface area contributed by atoms with E-state index in [-0.39, 0.29) is 17.2 Å². The zero-order chi connectivity index (χ0) is 14.0. The molecule has 0 heterocycles. The molecule has 0 fully saturated rings. The number of nitro benzene ring substituents is 1. The molecule has 19 heavy (non-hydrogen) atoms. The molecule has 0 atom stereocenters. The number of rotatable bonds is 4. The van der Waals surface area contributed by atoms with Crippen molar-refractivity contribution in [1.82, 2.24) is 0 Å². The van der Waals surface area contributed by atoms with Crippen LogP contribution < -0.4 is 14.2 Å². The van der Waals surface area contributed by atoms with E-state index in [1.54, 1.807) is 24.3 Å². The molecule has 0 aliphatic carbocycles. The molecule has 6 nitrogen and oxygen atoms in total. The van der Waals surface area contributed by atoms with Gasteiger partial charge in [-0.05, 0) is 6.07 Å². The average Bonchev–Trinajstić information content (AvgIpc) is 2.43. The zero-order valence-corrected chi connectivity index (χ0v) is 10.8. The number of ether oxygens (including phenoxy) is 3. The van der Waals surface area contributed by atoms with Gasteiger partial charge in [-0.1, -0.05) is 18.2 Å². The summed E-state index contributed by atoms with van der Waals surface area (Å²) in [6, 6.07) is 6.89. The standard InChI is InChI=1S/C13H13NO5/c1-17-11-9-7-5-4-6-8(9)10(14(15)16)12(18-2)13(11)19-3/h4-7H,1-3H3. The van der Waals surface area contributed by atoms with Crippen LogP contribution in [0.4, 0.5) is 5.69 Å². The summed E-state index contributed by atoms with van der Waals surface area (Å²) in [5.41, 5.74) is -0.129. The van der Waals surface area contributed by atoms with Gasteiger partial charge in [0, 0.05) is 5.39 Å². The number of methoxy groups -OCH3 is 3. The van der Waals surface area contributed by atoms with E-state index in [2.05, 4.69) is 0 Å². The second-order valence-electron chi connectivity index (χ2n) is 3.75. The van der Waals surface area contributed by atoms with Gasteiger partial charge in [0.1, 0.15) is 0 Å². The third kappa shape index (κ3) is 1.91. The number of nitro groups is 1. The van der Waals surface area contributed by atoms with Gasteiger partial charge in [0.2, 0.25) is 11.5 Å². The maximum Gasteiger partial charge on any atom is 0.322 e. The van der Waals surface area contributed by atoms with E-state index in [1.165, 1.54) is 21.3 Å². The largest absolute Gasteiger partial charge is 0.492 e. The molecule has 0 aliphatic rings. The molecule has 6 heteroatoms. The molecule has 0 spiro atoms. The topological polar surface area (TPSA) is 70.8 Å². The molecule has 2 aromatic rings. The molecule has 2 rings (SSSR count). The second-order valence-corrected chi connectivity index (χ2v) is 3.75. The fourth-order valence-corrected chi connectivity index (χ4v) is 2.10. The summed E-state index contributed by atoms with van der Waals surface area (Å²) in [5.74, 6) is 0.694. The lowest BCUT2D eigenvalue weighted by Gasteiger charge is -2.15. The van der Waals surface area contributed by atoms with Crippen molar-refractivity contribution in [2.45, 2.75) is 0 Å². The predicted molar refractivity (Wildman–Crippen MR) is 70.3 cm³/mol. The van der Waals surface area contributed by atoms with Gasteiger partial charge in [-0.2, -0.15) is 0 Å². The molecule has 0 saturated heterocycles. The van der Waals surface area contributed by atoms with E-state index >= 15 is 0 Å². The van der Waals surface area contributed by atoms with Crippen LogP contribution in [0, 0.1) is 10.1 Å². The summed E-state index contributed by atoms with van der Waals surface area (Å²) in [4.78, 5) is 10.8. The van der Waals surface area contributed by atoms with E-state index in [4.69, 9.17) is 14.2 Å². The van der Waals surface area contributed by atoms with Gasteiger partial charge < -0.3 is 14.2 Å². The molecular formula is C13H13NO5. The van der Waals surface area contributed by atoms with Crippen LogP contribution in [0.3, 0.4) is 0 Å². The van der Waals surface area contributed by atoms with E-state index < -0.39 is 4.92 Å². The molecule has 0 unspecified atom stereocenters. The van der Waals surface area contributed by atoms with Gasteiger partial charge in [-0.25, -0.2) is 0 Å². The minimum absolute atomic E-state index is 0.0584. The van der Waals surface area contributed by atoms with Crippen LogP contribution in [0.15, 0.2) is 24.3 Å². The number of fused-ring (bicyclic) bond motifs is 1. The Morgan fingerprint density at radius 3 is 1.89 bits per heavy atom. The van der Waals surface area contributed by atoms with Crippen molar-refractivity contribution < 1.29 is 19.1 Å². The van der Waals surface area contributed by atoms with Crippen LogP contribution in [0.2, 0.25) is 0 Å². The first-order valence-electron chi connectivity index (χ1n) is 5.50. The highest BCUT2D eigenvalue weighted by Crippen LogP contribution is 2.50. The monoisotopic (exact) mass is 263 g/mol. The summed E-state index contributed by atoms with van der Waals surface area (Å²) in [5, 5.41) is 12.3. The molecule has 0 N–H and O–H groups in total. The van der Waals surface area contributed by atoms with Gasteiger partial charge in [0.25, 0.3) is 0 Å². The van der Waals surface area contributed by atoms with Crippen molar-refractivity contribution in [2.75, 3.05) is 21.3 Å². The van der Waals surface area contributed by atoms with E-state index in [0.717, 1.165) is 0 Å². The minimum Gasteiger partial charge on any atom is -0.492 e. The van der Waals surface area contributed by atoms with Crippen molar-refractivity contribution in [3.8, 4) is 17.2 Å². The quantitative estimate of drug-likeness (QED) is 0.626. The smallest absolute Gasteiger partial charge is 0.322 e. The van der Waals surface area contributed by atoms with Crippen LogP contribution in [0.25, 0.3) is 10.8 Å². The third-order valence-electron chi connectivity index (χ3n) is 2.85. The second kappa shape index (κ2) is 5.01. The Bertz CT molecular complexity index is 638. The number of benzene rings is 2.